The highest BCUT2D eigenvalue weighted by Crippen LogP contribution is 2.36. The Labute approximate surface area is 184 Å². The van der Waals surface area contributed by atoms with Crippen molar-refractivity contribution in [3.63, 3.8) is 0 Å². The molecule has 0 aromatic heterocycles. The number of hydrogen-bond acceptors (Lipinski definition) is 5. The summed E-state index contributed by atoms with van der Waals surface area (Å²) >= 11 is 6.34. The predicted octanol–water partition coefficient (Wildman–Crippen LogP) is 5.33. The van der Waals surface area contributed by atoms with Crippen molar-refractivity contribution < 1.29 is 14.3 Å². The molecule has 0 unspecified atom stereocenters. The summed E-state index contributed by atoms with van der Waals surface area (Å²) in [4.78, 5) is 12.6. The van der Waals surface area contributed by atoms with Crippen LogP contribution in [0.4, 0.5) is 0 Å². The van der Waals surface area contributed by atoms with E-state index in [1.807, 2.05) is 78.9 Å². The molecule has 1 saturated heterocycles. The van der Waals surface area contributed by atoms with Gasteiger partial charge in [0.2, 0.25) is 0 Å². The van der Waals surface area contributed by atoms with Crippen molar-refractivity contribution in [1.29, 1.82) is 0 Å². The molecule has 1 amide bonds. The Kier molecular flexibility index (Phi) is 6.47. The summed E-state index contributed by atoms with van der Waals surface area (Å²) in [6, 6.07) is 25.5. The van der Waals surface area contributed by atoms with Crippen LogP contribution in [0.1, 0.15) is 16.7 Å². The van der Waals surface area contributed by atoms with E-state index >= 15 is 0 Å². The highest BCUT2D eigenvalue weighted by molar-refractivity contribution is 8.26. The fourth-order valence-electron chi connectivity index (χ4n) is 2.94. The summed E-state index contributed by atoms with van der Waals surface area (Å²) in [7, 11) is 0. The highest BCUT2D eigenvalue weighted by Gasteiger charge is 2.23. The van der Waals surface area contributed by atoms with E-state index in [4.69, 9.17) is 21.7 Å². The summed E-state index contributed by atoms with van der Waals surface area (Å²) in [5, 5.41) is 2.64. The van der Waals surface area contributed by atoms with Gasteiger partial charge >= 0.3 is 0 Å². The molecule has 6 heteroatoms. The summed E-state index contributed by atoms with van der Waals surface area (Å²) in [5.74, 6) is 1.01. The third-order valence-corrected chi connectivity index (χ3v) is 5.56. The molecule has 1 fully saturated rings. The molecule has 4 rings (SSSR count). The minimum absolute atomic E-state index is 0.199. The van der Waals surface area contributed by atoms with Crippen molar-refractivity contribution in [2.24, 2.45) is 0 Å². The molecule has 3 aromatic rings. The summed E-state index contributed by atoms with van der Waals surface area (Å²) in [5.41, 5.74) is 2.87. The molecule has 1 aliphatic rings. The van der Waals surface area contributed by atoms with Gasteiger partial charge in [0.15, 0.2) is 11.5 Å². The lowest BCUT2D eigenvalue weighted by molar-refractivity contribution is -0.115. The third kappa shape index (κ3) is 5.09. The number of hydrogen-bond donors (Lipinski definition) is 1. The molecular formula is C24H19NO3S2. The maximum Gasteiger partial charge on any atom is 0.263 e. The summed E-state index contributed by atoms with van der Waals surface area (Å²) in [6.45, 7) is 0.808. The van der Waals surface area contributed by atoms with Crippen LogP contribution in [0.25, 0.3) is 6.08 Å². The quantitative estimate of drug-likeness (QED) is 0.403. The second kappa shape index (κ2) is 9.61. The van der Waals surface area contributed by atoms with Crippen LogP contribution in [0.3, 0.4) is 0 Å². The topological polar surface area (TPSA) is 47.6 Å². The lowest BCUT2D eigenvalue weighted by atomic mass is 10.1. The predicted molar refractivity (Wildman–Crippen MR) is 124 cm³/mol. The van der Waals surface area contributed by atoms with Gasteiger partial charge in [-0.15, -0.1) is 0 Å². The number of amides is 1. The second-order valence-electron chi connectivity index (χ2n) is 6.58. The van der Waals surface area contributed by atoms with Crippen molar-refractivity contribution in [1.82, 2.24) is 5.32 Å². The van der Waals surface area contributed by atoms with Crippen LogP contribution in [0.2, 0.25) is 0 Å². The minimum Gasteiger partial charge on any atom is -0.485 e. The SMILES string of the molecule is O=C1NC(=S)SC1=Cc1cccc(OCc2ccccc2)c1OCc1ccccc1. The maximum absolute atomic E-state index is 12.1. The van der Waals surface area contributed by atoms with E-state index < -0.39 is 0 Å². The van der Waals surface area contributed by atoms with E-state index in [0.29, 0.717) is 33.9 Å². The lowest BCUT2D eigenvalue weighted by Gasteiger charge is -2.16. The first kappa shape index (κ1) is 20.2. The van der Waals surface area contributed by atoms with Crippen LogP contribution in [0.5, 0.6) is 11.5 Å². The monoisotopic (exact) mass is 433 g/mol. The lowest BCUT2D eigenvalue weighted by Crippen LogP contribution is -2.17. The zero-order valence-electron chi connectivity index (χ0n) is 16.0. The number of nitrogens with one attached hydrogen (secondary N) is 1. The molecule has 1 aliphatic heterocycles. The number of thioether (sulfide) groups is 1. The van der Waals surface area contributed by atoms with Gasteiger partial charge in [0.25, 0.3) is 5.91 Å². The first-order valence-electron chi connectivity index (χ1n) is 9.40. The second-order valence-corrected chi connectivity index (χ2v) is 8.29. The highest BCUT2D eigenvalue weighted by atomic mass is 32.2. The molecule has 150 valence electrons. The number of para-hydroxylation sites is 1. The normalized spacial score (nSPS) is 14.6. The molecule has 0 spiro atoms. The molecule has 0 saturated carbocycles. The number of thiocarbonyl (C=S) groups is 1. The van der Waals surface area contributed by atoms with Crippen molar-refractivity contribution >= 4 is 40.3 Å². The van der Waals surface area contributed by atoms with E-state index in [1.54, 1.807) is 6.08 Å². The Hall–Kier alpha value is -3.09. The van der Waals surface area contributed by atoms with Crippen LogP contribution in [-0.2, 0) is 18.0 Å². The number of carbonyl (C=O) groups is 1. The van der Waals surface area contributed by atoms with Crippen molar-refractivity contribution in [2.45, 2.75) is 13.2 Å². The van der Waals surface area contributed by atoms with Crippen LogP contribution >= 0.6 is 24.0 Å². The summed E-state index contributed by atoms with van der Waals surface area (Å²) in [6.07, 6.45) is 1.79. The molecule has 1 N–H and O–H groups in total. The molecule has 3 aromatic carbocycles. The van der Waals surface area contributed by atoms with Crippen LogP contribution < -0.4 is 14.8 Å². The smallest absolute Gasteiger partial charge is 0.263 e. The fraction of sp³-hybridized carbons (Fsp3) is 0.0833. The first-order chi connectivity index (χ1) is 14.7. The molecule has 0 aliphatic carbocycles. The number of rotatable bonds is 7. The van der Waals surface area contributed by atoms with Gasteiger partial charge in [0.05, 0.1) is 4.91 Å². The molecule has 30 heavy (non-hydrogen) atoms. The standard InChI is InChI=1S/C24H19NO3S2/c26-23-21(30-24(29)25-23)14-19-12-7-13-20(27-15-17-8-3-1-4-9-17)22(19)28-16-18-10-5-2-6-11-18/h1-14H,15-16H2,(H,25,26,29). The van der Waals surface area contributed by atoms with Crippen molar-refractivity contribution in [3.05, 3.63) is 100 Å². The van der Waals surface area contributed by atoms with Gasteiger partial charge in [0.1, 0.15) is 17.5 Å². The van der Waals surface area contributed by atoms with Gasteiger partial charge in [-0.1, -0.05) is 96.8 Å². The molecule has 1 heterocycles. The van der Waals surface area contributed by atoms with Gasteiger partial charge < -0.3 is 14.8 Å². The Morgan fingerprint density at radius 3 is 2.07 bits per heavy atom. The Balaban J connectivity index is 1.63. The van der Waals surface area contributed by atoms with E-state index in [1.165, 1.54) is 11.8 Å². The molecule has 4 nitrogen and oxygen atoms in total. The van der Waals surface area contributed by atoms with Crippen LogP contribution in [0, 0.1) is 0 Å². The molecule has 0 bridgehead atoms. The van der Waals surface area contributed by atoms with Crippen molar-refractivity contribution in [3.8, 4) is 11.5 Å². The van der Waals surface area contributed by atoms with E-state index in [0.717, 1.165) is 16.7 Å². The molecular weight excluding hydrogens is 414 g/mol. The van der Waals surface area contributed by atoms with E-state index in [9.17, 15) is 4.79 Å². The van der Waals surface area contributed by atoms with Crippen LogP contribution in [0.15, 0.2) is 83.8 Å². The maximum atomic E-state index is 12.1. The van der Waals surface area contributed by atoms with E-state index in [-0.39, 0.29) is 5.91 Å². The average Bonchev–Trinajstić information content (AvgIpc) is 3.09. The third-order valence-electron chi connectivity index (χ3n) is 4.40. The Morgan fingerprint density at radius 1 is 0.833 bits per heavy atom. The minimum atomic E-state index is -0.199. The van der Waals surface area contributed by atoms with Crippen LogP contribution in [-0.4, -0.2) is 10.2 Å². The van der Waals surface area contributed by atoms with Gasteiger partial charge in [-0.05, 0) is 23.3 Å². The number of benzene rings is 3. The summed E-state index contributed by atoms with van der Waals surface area (Å²) < 4.78 is 12.7. The van der Waals surface area contributed by atoms with Gasteiger partial charge in [0, 0.05) is 5.56 Å². The van der Waals surface area contributed by atoms with Crippen molar-refractivity contribution in [2.75, 3.05) is 0 Å². The molecule has 0 atom stereocenters. The van der Waals surface area contributed by atoms with E-state index in [2.05, 4.69) is 5.32 Å². The van der Waals surface area contributed by atoms with Gasteiger partial charge in [-0.25, -0.2) is 0 Å². The first-order valence-corrected chi connectivity index (χ1v) is 10.6. The Bertz CT molecular complexity index is 1080. The largest absolute Gasteiger partial charge is 0.485 e. The number of ether oxygens (including phenoxy) is 2. The van der Waals surface area contributed by atoms with Gasteiger partial charge in [-0.2, -0.15) is 0 Å². The fourth-order valence-corrected chi connectivity index (χ4v) is 3.98. The zero-order valence-corrected chi connectivity index (χ0v) is 17.7. The van der Waals surface area contributed by atoms with Gasteiger partial charge in [-0.3, -0.25) is 4.79 Å². The Morgan fingerprint density at radius 2 is 1.47 bits per heavy atom. The number of carbonyl (C=O) groups excluding carboxylic acids is 1. The average molecular weight is 434 g/mol. The zero-order chi connectivity index (χ0) is 20.8. The molecule has 0 radical (unpaired) electrons.